The molecule has 1 saturated carbocycles. The molecule has 0 spiro atoms. The lowest BCUT2D eigenvalue weighted by Gasteiger charge is -2.19. The number of carbonyl (C=O) groups excluding carboxylic acids is 2. The fraction of sp³-hybridized carbons (Fsp3) is 0.316. The summed E-state index contributed by atoms with van der Waals surface area (Å²) in [6.45, 7) is 2.01. The molecule has 1 aliphatic heterocycles. The lowest BCUT2D eigenvalue weighted by molar-refractivity contribution is -0.123. The fourth-order valence-electron chi connectivity index (χ4n) is 4.62. The van der Waals surface area contributed by atoms with Crippen molar-refractivity contribution in [1.29, 1.82) is 0 Å². The molecule has 3 aliphatic rings. The summed E-state index contributed by atoms with van der Waals surface area (Å²) < 4.78 is 0. The van der Waals surface area contributed by atoms with E-state index in [2.05, 4.69) is 17.1 Å². The minimum Gasteiger partial charge on any atom is -0.274 e. The summed E-state index contributed by atoms with van der Waals surface area (Å²) in [5.41, 5.74) is 2.46. The molecule has 23 heavy (non-hydrogen) atoms. The Kier molecular flexibility index (Phi) is 2.42. The Labute approximate surface area is 133 Å². The van der Waals surface area contributed by atoms with Gasteiger partial charge in [0.2, 0.25) is 11.8 Å². The van der Waals surface area contributed by atoms with Crippen LogP contribution in [0.15, 0.2) is 42.6 Å². The van der Waals surface area contributed by atoms with E-state index in [-0.39, 0.29) is 35.5 Å². The Hall–Kier alpha value is -2.49. The molecule has 0 N–H and O–H groups in total. The number of hydrogen-bond acceptors (Lipinski definition) is 3. The van der Waals surface area contributed by atoms with Crippen LogP contribution >= 0.6 is 0 Å². The molecular formula is C19H16N2O2. The first-order chi connectivity index (χ1) is 11.2. The van der Waals surface area contributed by atoms with Gasteiger partial charge >= 0.3 is 0 Å². The van der Waals surface area contributed by atoms with Crippen molar-refractivity contribution >= 4 is 28.4 Å². The first kappa shape index (κ1) is 13.0. The molecule has 5 rings (SSSR count). The fourth-order valence-corrected chi connectivity index (χ4v) is 4.62. The lowest BCUT2D eigenvalue weighted by atomic mass is 9.85. The second-order valence-corrected chi connectivity index (χ2v) is 6.81. The van der Waals surface area contributed by atoms with Crippen molar-refractivity contribution in [3.63, 3.8) is 0 Å². The third-order valence-electron chi connectivity index (χ3n) is 5.68. The molecule has 2 aliphatic carbocycles. The van der Waals surface area contributed by atoms with Crippen LogP contribution in [0.4, 0.5) is 5.69 Å². The van der Waals surface area contributed by atoms with E-state index in [1.165, 1.54) is 4.90 Å². The van der Waals surface area contributed by atoms with Crippen LogP contribution < -0.4 is 4.90 Å². The number of imide groups is 1. The van der Waals surface area contributed by atoms with E-state index in [9.17, 15) is 9.59 Å². The summed E-state index contributed by atoms with van der Waals surface area (Å²) in [5, 5.41) is 0.990. The van der Waals surface area contributed by atoms with Gasteiger partial charge in [-0.05, 0) is 42.9 Å². The number of anilines is 1. The predicted octanol–water partition coefficient (Wildman–Crippen LogP) is 2.85. The highest BCUT2D eigenvalue weighted by Gasteiger charge is 2.59. The van der Waals surface area contributed by atoms with Gasteiger partial charge in [0.05, 0.1) is 23.0 Å². The number of aryl methyl sites for hydroxylation is 1. The molecule has 4 nitrogen and oxygen atoms in total. The van der Waals surface area contributed by atoms with Gasteiger partial charge in [-0.1, -0.05) is 24.3 Å². The van der Waals surface area contributed by atoms with Gasteiger partial charge in [0.15, 0.2) is 0 Å². The van der Waals surface area contributed by atoms with Gasteiger partial charge < -0.3 is 0 Å². The maximum Gasteiger partial charge on any atom is 0.238 e. The Morgan fingerprint density at radius 1 is 1.04 bits per heavy atom. The highest BCUT2D eigenvalue weighted by molar-refractivity contribution is 6.25. The predicted molar refractivity (Wildman–Crippen MR) is 86.7 cm³/mol. The van der Waals surface area contributed by atoms with Gasteiger partial charge in [-0.3, -0.25) is 14.6 Å². The molecule has 4 heteroatoms. The van der Waals surface area contributed by atoms with E-state index in [1.54, 1.807) is 6.20 Å². The van der Waals surface area contributed by atoms with Crippen LogP contribution in [-0.2, 0) is 9.59 Å². The molecule has 0 unspecified atom stereocenters. The summed E-state index contributed by atoms with van der Waals surface area (Å²) in [6, 6.07) is 7.66. The van der Waals surface area contributed by atoms with Gasteiger partial charge in [-0.2, -0.15) is 0 Å². The van der Waals surface area contributed by atoms with Gasteiger partial charge in [-0.15, -0.1) is 0 Å². The third kappa shape index (κ3) is 1.53. The summed E-state index contributed by atoms with van der Waals surface area (Å²) in [6.07, 6.45) is 6.92. The van der Waals surface area contributed by atoms with Crippen molar-refractivity contribution < 1.29 is 9.59 Å². The Morgan fingerprint density at radius 2 is 1.74 bits per heavy atom. The minimum atomic E-state index is -0.169. The number of amides is 2. The van der Waals surface area contributed by atoms with E-state index in [1.807, 2.05) is 31.2 Å². The maximum absolute atomic E-state index is 13.0. The number of para-hydroxylation sites is 1. The number of pyridine rings is 1. The van der Waals surface area contributed by atoms with Crippen LogP contribution in [-0.4, -0.2) is 16.8 Å². The molecule has 2 amide bonds. The summed E-state index contributed by atoms with van der Waals surface area (Å²) in [5.74, 6) is 0.0303. The Bertz CT molecular complexity index is 871. The first-order valence-corrected chi connectivity index (χ1v) is 8.07. The Morgan fingerprint density at radius 3 is 2.43 bits per heavy atom. The Balaban J connectivity index is 1.68. The van der Waals surface area contributed by atoms with Crippen LogP contribution in [0.5, 0.6) is 0 Å². The van der Waals surface area contributed by atoms with E-state index >= 15 is 0 Å². The number of hydrogen-bond donors (Lipinski definition) is 0. The summed E-state index contributed by atoms with van der Waals surface area (Å²) in [4.78, 5) is 31.8. The SMILES string of the molecule is Cc1ccnc2c(N3C(=O)[C@@H]4[C@@H](C3=O)[C@@H]3C=C[C@@H]4C3)cccc12. The van der Waals surface area contributed by atoms with Gasteiger partial charge in [0.1, 0.15) is 0 Å². The van der Waals surface area contributed by atoms with Crippen LogP contribution in [0, 0.1) is 30.6 Å². The van der Waals surface area contributed by atoms with Gasteiger partial charge in [0, 0.05) is 11.6 Å². The van der Waals surface area contributed by atoms with Crippen molar-refractivity contribution in [1.82, 2.24) is 4.98 Å². The topological polar surface area (TPSA) is 50.3 Å². The molecule has 114 valence electrons. The van der Waals surface area contributed by atoms with Gasteiger partial charge in [-0.25, -0.2) is 4.90 Å². The first-order valence-electron chi connectivity index (χ1n) is 8.07. The van der Waals surface area contributed by atoms with E-state index in [0.29, 0.717) is 5.69 Å². The van der Waals surface area contributed by atoms with E-state index < -0.39 is 0 Å². The average molecular weight is 304 g/mol. The summed E-state index contributed by atoms with van der Waals surface area (Å²) in [7, 11) is 0. The number of carbonyl (C=O) groups is 2. The second-order valence-electron chi connectivity index (χ2n) is 6.81. The second kappa shape index (κ2) is 4.28. The number of fused-ring (bicyclic) bond motifs is 6. The quantitative estimate of drug-likeness (QED) is 0.601. The highest BCUT2D eigenvalue weighted by atomic mass is 16.2. The minimum absolute atomic E-state index is 0.0485. The van der Waals surface area contributed by atoms with E-state index in [0.717, 1.165) is 22.9 Å². The van der Waals surface area contributed by atoms with Gasteiger partial charge in [0.25, 0.3) is 0 Å². The number of benzene rings is 1. The average Bonchev–Trinajstić information content (AvgIpc) is 3.22. The van der Waals surface area contributed by atoms with Crippen molar-refractivity contribution in [2.24, 2.45) is 23.7 Å². The molecule has 1 aromatic heterocycles. The smallest absolute Gasteiger partial charge is 0.238 e. The standard InChI is InChI=1S/C19H16N2O2/c1-10-7-8-20-17-13(10)3-2-4-14(17)21-18(22)15-11-5-6-12(9-11)16(15)19(21)23/h2-8,11-12,15-16H,9H2,1H3/t11-,12-,15+,16+/m1/s1. The van der Waals surface area contributed by atoms with Crippen molar-refractivity contribution in [3.05, 3.63) is 48.2 Å². The number of aromatic nitrogens is 1. The largest absolute Gasteiger partial charge is 0.274 e. The summed E-state index contributed by atoms with van der Waals surface area (Å²) >= 11 is 0. The zero-order valence-electron chi connectivity index (χ0n) is 12.8. The maximum atomic E-state index is 13.0. The lowest BCUT2D eigenvalue weighted by Crippen LogP contribution is -2.33. The third-order valence-corrected chi connectivity index (χ3v) is 5.68. The van der Waals surface area contributed by atoms with E-state index in [4.69, 9.17) is 0 Å². The number of rotatable bonds is 1. The number of nitrogens with zero attached hydrogens (tertiary/aromatic N) is 2. The van der Waals surface area contributed by atoms with Crippen LogP contribution in [0.3, 0.4) is 0 Å². The van der Waals surface area contributed by atoms with Crippen molar-refractivity contribution in [2.45, 2.75) is 13.3 Å². The highest BCUT2D eigenvalue weighted by Crippen LogP contribution is 2.53. The molecule has 2 aromatic rings. The molecule has 1 aromatic carbocycles. The van der Waals surface area contributed by atoms with Crippen LogP contribution in [0.2, 0.25) is 0 Å². The molecule has 4 atom stereocenters. The molecular weight excluding hydrogens is 288 g/mol. The molecule has 2 heterocycles. The molecule has 1 saturated heterocycles. The monoisotopic (exact) mass is 304 g/mol. The zero-order valence-corrected chi connectivity index (χ0v) is 12.8. The zero-order chi connectivity index (χ0) is 15.7. The van der Waals surface area contributed by atoms with Crippen molar-refractivity contribution in [2.75, 3.05) is 4.90 Å². The molecule has 2 fully saturated rings. The van der Waals surface area contributed by atoms with Crippen LogP contribution in [0.1, 0.15) is 12.0 Å². The molecule has 2 bridgehead atoms. The molecule has 0 radical (unpaired) electrons. The number of allylic oxidation sites excluding steroid dienone is 2. The normalized spacial score (nSPS) is 31.4. The van der Waals surface area contributed by atoms with Crippen LogP contribution in [0.25, 0.3) is 10.9 Å². The van der Waals surface area contributed by atoms with Crippen molar-refractivity contribution in [3.8, 4) is 0 Å².